The summed E-state index contributed by atoms with van der Waals surface area (Å²) >= 11 is 0. The van der Waals surface area contributed by atoms with E-state index < -0.39 is 11.9 Å². The minimum atomic E-state index is -4.42. The Bertz CT molecular complexity index is 505. The largest absolute Gasteiger partial charge is 0.434 e. The molecule has 19 heavy (non-hydrogen) atoms. The highest BCUT2D eigenvalue weighted by Gasteiger charge is 2.34. The first-order valence-corrected chi connectivity index (χ1v) is 6.00. The topological polar surface area (TPSA) is 17.8 Å². The maximum atomic E-state index is 12.6. The molecular weight excluding hydrogens is 253 g/mol. The smallest absolute Gasteiger partial charge is 0.333 e. The molecule has 0 fully saturated rings. The molecule has 0 bridgehead atoms. The molecule has 1 heterocycles. The number of rotatable bonds is 4. The number of nitrogens with zero attached hydrogens (tertiary/aromatic N) is 2. The normalized spacial score (nSPS) is 13.9. The standard InChI is InChI=1S/C14H17F3N2/c1-4-6-7-9-11(8-5-2)13-18-12(10-19(13)3)14(15,16)17/h5-10H,4H2,1-3H3/b7-6-,8-5-,11-9+. The van der Waals surface area contributed by atoms with Gasteiger partial charge < -0.3 is 4.57 Å². The van der Waals surface area contributed by atoms with Crippen LogP contribution in [0.25, 0.3) is 5.57 Å². The number of alkyl halides is 3. The summed E-state index contributed by atoms with van der Waals surface area (Å²) in [6.07, 6.45) is 6.46. The molecule has 0 saturated carbocycles. The van der Waals surface area contributed by atoms with Gasteiger partial charge >= 0.3 is 6.18 Å². The number of allylic oxidation sites excluding steroid dienone is 6. The molecule has 0 N–H and O–H groups in total. The molecule has 0 aliphatic rings. The molecule has 0 spiro atoms. The van der Waals surface area contributed by atoms with Gasteiger partial charge in [0.15, 0.2) is 5.69 Å². The minimum Gasteiger partial charge on any atom is -0.333 e. The zero-order chi connectivity index (χ0) is 14.5. The molecule has 0 radical (unpaired) electrons. The Labute approximate surface area is 111 Å². The van der Waals surface area contributed by atoms with Gasteiger partial charge in [0.1, 0.15) is 5.82 Å². The maximum Gasteiger partial charge on any atom is 0.434 e. The van der Waals surface area contributed by atoms with E-state index in [4.69, 9.17) is 0 Å². The van der Waals surface area contributed by atoms with Crippen molar-refractivity contribution in [3.05, 3.63) is 48.1 Å². The van der Waals surface area contributed by atoms with E-state index in [-0.39, 0.29) is 0 Å². The number of hydrogen-bond donors (Lipinski definition) is 0. The molecule has 0 aromatic carbocycles. The Morgan fingerprint density at radius 3 is 2.58 bits per heavy atom. The second-order valence-corrected chi connectivity index (χ2v) is 4.02. The second-order valence-electron chi connectivity index (χ2n) is 4.02. The van der Waals surface area contributed by atoms with Crippen LogP contribution in [-0.2, 0) is 13.2 Å². The Hall–Kier alpha value is -1.78. The fourth-order valence-corrected chi connectivity index (χ4v) is 1.56. The Morgan fingerprint density at radius 1 is 1.42 bits per heavy atom. The molecule has 0 unspecified atom stereocenters. The summed E-state index contributed by atoms with van der Waals surface area (Å²) in [5, 5.41) is 0. The van der Waals surface area contributed by atoms with Crippen molar-refractivity contribution in [2.75, 3.05) is 0 Å². The van der Waals surface area contributed by atoms with E-state index in [1.807, 2.05) is 26.0 Å². The fourth-order valence-electron chi connectivity index (χ4n) is 1.56. The van der Waals surface area contributed by atoms with Gasteiger partial charge in [0.2, 0.25) is 0 Å². The maximum absolute atomic E-state index is 12.6. The van der Waals surface area contributed by atoms with Crippen LogP contribution >= 0.6 is 0 Å². The molecule has 2 nitrogen and oxygen atoms in total. The van der Waals surface area contributed by atoms with Crippen molar-refractivity contribution in [2.45, 2.75) is 26.4 Å². The molecule has 0 amide bonds. The number of hydrogen-bond acceptors (Lipinski definition) is 1. The summed E-state index contributed by atoms with van der Waals surface area (Å²) < 4.78 is 39.2. The summed E-state index contributed by atoms with van der Waals surface area (Å²) in [6.45, 7) is 3.80. The van der Waals surface area contributed by atoms with E-state index in [1.54, 1.807) is 25.3 Å². The minimum absolute atomic E-state index is 0.297. The number of halogens is 3. The van der Waals surface area contributed by atoms with Gasteiger partial charge in [-0.2, -0.15) is 13.2 Å². The van der Waals surface area contributed by atoms with Gasteiger partial charge in [-0.3, -0.25) is 0 Å². The average Bonchev–Trinajstić information content (AvgIpc) is 2.70. The van der Waals surface area contributed by atoms with E-state index in [0.29, 0.717) is 11.4 Å². The third-order valence-corrected chi connectivity index (χ3v) is 2.42. The van der Waals surface area contributed by atoms with Crippen molar-refractivity contribution in [1.29, 1.82) is 0 Å². The van der Waals surface area contributed by atoms with Crippen LogP contribution in [0.4, 0.5) is 13.2 Å². The molecule has 1 aromatic rings. The molecule has 0 aliphatic heterocycles. The lowest BCUT2D eigenvalue weighted by molar-refractivity contribution is -0.141. The molecule has 104 valence electrons. The van der Waals surface area contributed by atoms with Crippen LogP contribution in [0.3, 0.4) is 0 Å². The molecule has 0 saturated heterocycles. The number of aryl methyl sites for hydroxylation is 1. The SMILES string of the molecule is C\C=C/C(=C\C=C/CC)c1nc(C(F)(F)F)cn1C. The average molecular weight is 270 g/mol. The number of imidazole rings is 1. The predicted molar refractivity (Wildman–Crippen MR) is 70.4 cm³/mol. The second kappa shape index (κ2) is 6.41. The molecule has 5 heteroatoms. The summed E-state index contributed by atoms with van der Waals surface area (Å²) in [4.78, 5) is 3.66. The highest BCUT2D eigenvalue weighted by atomic mass is 19.4. The lowest BCUT2D eigenvalue weighted by Gasteiger charge is -2.01. The highest BCUT2D eigenvalue weighted by molar-refractivity contribution is 5.71. The van der Waals surface area contributed by atoms with Crippen LogP contribution in [0, 0.1) is 0 Å². The van der Waals surface area contributed by atoms with Crippen molar-refractivity contribution in [2.24, 2.45) is 7.05 Å². The lowest BCUT2D eigenvalue weighted by Crippen LogP contribution is -2.05. The first kappa shape index (κ1) is 15.3. The van der Waals surface area contributed by atoms with Crippen molar-refractivity contribution in [3.8, 4) is 0 Å². The van der Waals surface area contributed by atoms with Crippen LogP contribution in [0.2, 0.25) is 0 Å². The van der Waals surface area contributed by atoms with Crippen molar-refractivity contribution < 1.29 is 13.2 Å². The van der Waals surface area contributed by atoms with E-state index in [1.165, 1.54) is 4.57 Å². The zero-order valence-corrected chi connectivity index (χ0v) is 11.2. The van der Waals surface area contributed by atoms with Gasteiger partial charge in [-0.25, -0.2) is 4.98 Å². The monoisotopic (exact) mass is 270 g/mol. The fraction of sp³-hybridized carbons (Fsp3) is 0.357. The summed E-state index contributed by atoms with van der Waals surface area (Å²) in [6, 6.07) is 0. The summed E-state index contributed by atoms with van der Waals surface area (Å²) in [5.74, 6) is 0.297. The molecule has 0 atom stereocenters. The van der Waals surface area contributed by atoms with Gasteiger partial charge in [0.05, 0.1) is 0 Å². The van der Waals surface area contributed by atoms with Crippen LogP contribution < -0.4 is 0 Å². The van der Waals surface area contributed by atoms with E-state index in [0.717, 1.165) is 12.6 Å². The van der Waals surface area contributed by atoms with Crippen LogP contribution in [0.15, 0.2) is 36.6 Å². The van der Waals surface area contributed by atoms with Gasteiger partial charge in [0.25, 0.3) is 0 Å². The summed E-state index contributed by atoms with van der Waals surface area (Å²) in [7, 11) is 1.55. The van der Waals surface area contributed by atoms with Crippen LogP contribution in [-0.4, -0.2) is 9.55 Å². The Morgan fingerprint density at radius 2 is 2.11 bits per heavy atom. The van der Waals surface area contributed by atoms with E-state index in [9.17, 15) is 13.2 Å². The number of aromatic nitrogens is 2. The summed E-state index contributed by atoms with van der Waals surface area (Å²) in [5.41, 5.74) is -0.231. The van der Waals surface area contributed by atoms with Crippen LogP contribution in [0.5, 0.6) is 0 Å². The Kier molecular flexibility index (Phi) is 5.15. The third kappa shape index (κ3) is 4.12. The van der Waals surface area contributed by atoms with E-state index >= 15 is 0 Å². The lowest BCUT2D eigenvalue weighted by atomic mass is 10.2. The van der Waals surface area contributed by atoms with Gasteiger partial charge in [-0.05, 0) is 13.3 Å². The third-order valence-electron chi connectivity index (χ3n) is 2.42. The van der Waals surface area contributed by atoms with Gasteiger partial charge in [-0.15, -0.1) is 0 Å². The first-order chi connectivity index (χ1) is 8.90. The molecule has 1 aromatic heterocycles. The quantitative estimate of drug-likeness (QED) is 0.743. The molecule has 0 aliphatic carbocycles. The Balaban J connectivity index is 3.21. The van der Waals surface area contributed by atoms with E-state index in [2.05, 4.69) is 4.98 Å². The highest BCUT2D eigenvalue weighted by Crippen LogP contribution is 2.29. The first-order valence-electron chi connectivity index (χ1n) is 6.00. The van der Waals surface area contributed by atoms with Crippen molar-refractivity contribution in [3.63, 3.8) is 0 Å². The van der Waals surface area contributed by atoms with Gasteiger partial charge in [-0.1, -0.05) is 37.3 Å². The molecule has 1 rings (SSSR count). The zero-order valence-electron chi connectivity index (χ0n) is 11.2. The van der Waals surface area contributed by atoms with Gasteiger partial charge in [0, 0.05) is 18.8 Å². The predicted octanol–water partition coefficient (Wildman–Crippen LogP) is 4.36. The van der Waals surface area contributed by atoms with Crippen molar-refractivity contribution in [1.82, 2.24) is 9.55 Å². The van der Waals surface area contributed by atoms with Crippen LogP contribution in [0.1, 0.15) is 31.8 Å². The molecular formula is C14H17F3N2. The van der Waals surface area contributed by atoms with Crippen molar-refractivity contribution >= 4 is 5.57 Å².